The zero-order chi connectivity index (χ0) is 17.7. The largest absolute Gasteiger partial charge is 0.494 e. The topological polar surface area (TPSA) is 75.7 Å². The van der Waals surface area contributed by atoms with Gasteiger partial charge in [-0.05, 0) is 25.0 Å². The Balaban J connectivity index is 1.63. The average molecular weight is 373 g/mol. The average Bonchev–Trinajstić information content (AvgIpc) is 2.81. The molecule has 2 rings (SSSR count). The molecule has 0 spiro atoms. The Morgan fingerprint density at radius 1 is 1.29 bits per heavy atom. The Hall–Kier alpha value is -1.79. The number of amides is 2. The van der Waals surface area contributed by atoms with Gasteiger partial charge in [-0.25, -0.2) is 0 Å². The van der Waals surface area contributed by atoms with E-state index in [1.807, 2.05) is 0 Å². The fourth-order valence-corrected chi connectivity index (χ4v) is 2.59. The van der Waals surface area contributed by atoms with E-state index in [0.29, 0.717) is 35.4 Å². The van der Waals surface area contributed by atoms with Crippen LogP contribution in [0.1, 0.15) is 12.8 Å². The Morgan fingerprint density at radius 3 is 2.67 bits per heavy atom. The van der Waals surface area contributed by atoms with E-state index >= 15 is 0 Å². The first-order valence-corrected chi connectivity index (χ1v) is 8.30. The van der Waals surface area contributed by atoms with Gasteiger partial charge in [0.1, 0.15) is 11.7 Å². The van der Waals surface area contributed by atoms with Gasteiger partial charge in [-0.1, -0.05) is 23.2 Å². The first-order valence-electron chi connectivity index (χ1n) is 7.55. The van der Waals surface area contributed by atoms with E-state index in [4.69, 9.17) is 27.9 Å². The van der Waals surface area contributed by atoms with Crippen LogP contribution in [0.3, 0.4) is 0 Å². The van der Waals surface area contributed by atoms with Gasteiger partial charge in [0, 0.05) is 26.2 Å². The molecule has 0 aromatic heterocycles. The molecule has 130 valence electrons. The summed E-state index contributed by atoms with van der Waals surface area (Å²) in [6.07, 6.45) is 1.41. The molecule has 0 radical (unpaired) electrons. The van der Waals surface area contributed by atoms with E-state index in [2.05, 4.69) is 5.32 Å². The first kappa shape index (κ1) is 18.5. The minimum absolute atomic E-state index is 0.143. The molecular weight excluding hydrogens is 355 g/mol. The molecule has 1 heterocycles. The summed E-state index contributed by atoms with van der Waals surface area (Å²) in [5.74, 6) is -1.91. The lowest BCUT2D eigenvalue weighted by atomic mass is 10.1. The highest BCUT2D eigenvalue weighted by Crippen LogP contribution is 2.26. The van der Waals surface area contributed by atoms with Crippen molar-refractivity contribution in [2.45, 2.75) is 12.8 Å². The van der Waals surface area contributed by atoms with Gasteiger partial charge in [-0.2, -0.15) is 0 Å². The number of hydrogen-bond donors (Lipinski definition) is 1. The molecule has 24 heavy (non-hydrogen) atoms. The summed E-state index contributed by atoms with van der Waals surface area (Å²) in [5.41, 5.74) is 0. The van der Waals surface area contributed by atoms with Crippen LogP contribution in [-0.4, -0.2) is 49.2 Å². The van der Waals surface area contributed by atoms with E-state index < -0.39 is 23.5 Å². The smallest absolute Gasteiger partial charge is 0.290 e. The number of ether oxygens (including phenoxy) is 1. The molecule has 1 aliphatic heterocycles. The summed E-state index contributed by atoms with van der Waals surface area (Å²) in [6, 6.07) is 5.04. The Labute approximate surface area is 150 Å². The lowest BCUT2D eigenvalue weighted by Crippen LogP contribution is -2.36. The van der Waals surface area contributed by atoms with Gasteiger partial charge < -0.3 is 15.0 Å². The zero-order valence-electron chi connectivity index (χ0n) is 13.2. The number of likely N-dealkylation sites (tertiary alicyclic amines) is 1. The molecule has 6 nitrogen and oxygen atoms in total. The molecule has 0 aliphatic carbocycles. The van der Waals surface area contributed by atoms with Gasteiger partial charge >= 0.3 is 0 Å². The van der Waals surface area contributed by atoms with Crippen LogP contribution >= 0.6 is 23.2 Å². The quantitative estimate of drug-likeness (QED) is 0.450. The van der Waals surface area contributed by atoms with Crippen molar-refractivity contribution in [2.24, 2.45) is 5.92 Å². The Morgan fingerprint density at radius 2 is 2.04 bits per heavy atom. The molecule has 0 saturated carbocycles. The Bertz CT molecular complexity index is 651. The number of likely N-dealkylation sites (N-methyl/N-ethyl adjacent to an activating group) is 1. The van der Waals surface area contributed by atoms with Crippen LogP contribution in [0.5, 0.6) is 5.75 Å². The molecule has 1 saturated heterocycles. The van der Waals surface area contributed by atoms with Crippen molar-refractivity contribution >= 4 is 40.8 Å². The van der Waals surface area contributed by atoms with Crippen LogP contribution in [-0.2, 0) is 14.4 Å². The van der Waals surface area contributed by atoms with Gasteiger partial charge in [0.15, 0.2) is 0 Å². The number of nitrogens with zero attached hydrogens (tertiary/aromatic N) is 1. The maximum Gasteiger partial charge on any atom is 0.290 e. The fraction of sp³-hybridized carbons (Fsp3) is 0.438. The highest BCUT2D eigenvalue weighted by atomic mass is 35.5. The van der Waals surface area contributed by atoms with Crippen molar-refractivity contribution in [1.82, 2.24) is 10.2 Å². The molecule has 1 atom stereocenters. The number of ketones is 1. The van der Waals surface area contributed by atoms with E-state index in [9.17, 15) is 14.4 Å². The molecule has 2 amide bonds. The van der Waals surface area contributed by atoms with Crippen molar-refractivity contribution in [3.05, 3.63) is 28.2 Å². The van der Waals surface area contributed by atoms with Crippen molar-refractivity contribution in [3.8, 4) is 5.75 Å². The second-order valence-corrected chi connectivity index (χ2v) is 6.34. The lowest BCUT2D eigenvalue weighted by Gasteiger charge is -2.10. The third kappa shape index (κ3) is 4.61. The number of benzene rings is 1. The van der Waals surface area contributed by atoms with Crippen LogP contribution < -0.4 is 10.1 Å². The monoisotopic (exact) mass is 372 g/mol. The third-order valence-corrected chi connectivity index (χ3v) is 4.42. The highest BCUT2D eigenvalue weighted by molar-refractivity contribution is 6.42. The summed E-state index contributed by atoms with van der Waals surface area (Å²) in [7, 11) is 1.51. The number of carbonyl (C=O) groups excluding carboxylic acids is 3. The predicted octanol–water partition coefficient (Wildman–Crippen LogP) is 1.93. The number of Topliss-reactive ketones (excluding diaryl/α,β-unsaturated/α-hetero) is 1. The minimum Gasteiger partial charge on any atom is -0.494 e. The van der Waals surface area contributed by atoms with Gasteiger partial charge in [0.05, 0.1) is 16.7 Å². The molecule has 1 aromatic carbocycles. The van der Waals surface area contributed by atoms with E-state index in [1.54, 1.807) is 18.2 Å². The summed E-state index contributed by atoms with van der Waals surface area (Å²) in [6.45, 7) is 1.03. The Kier molecular flexibility index (Phi) is 6.45. The van der Waals surface area contributed by atoms with Gasteiger partial charge in [0.2, 0.25) is 11.7 Å². The number of halogens is 2. The van der Waals surface area contributed by atoms with Crippen molar-refractivity contribution < 1.29 is 19.1 Å². The van der Waals surface area contributed by atoms with E-state index in [-0.39, 0.29) is 6.54 Å². The molecule has 0 bridgehead atoms. The zero-order valence-corrected chi connectivity index (χ0v) is 14.7. The summed E-state index contributed by atoms with van der Waals surface area (Å²) < 4.78 is 5.53. The summed E-state index contributed by atoms with van der Waals surface area (Å²) >= 11 is 11.7. The van der Waals surface area contributed by atoms with Crippen molar-refractivity contribution in [3.63, 3.8) is 0 Å². The number of unbranched alkanes of at least 4 members (excludes halogenated alkanes) is 1. The first-order chi connectivity index (χ1) is 11.4. The predicted molar refractivity (Wildman–Crippen MR) is 90.3 cm³/mol. The molecule has 1 N–H and O–H groups in total. The van der Waals surface area contributed by atoms with Crippen molar-refractivity contribution in [1.29, 1.82) is 0 Å². The van der Waals surface area contributed by atoms with Crippen LogP contribution in [0.2, 0.25) is 10.0 Å². The number of nitrogens with one attached hydrogen (secondary N) is 1. The summed E-state index contributed by atoms with van der Waals surface area (Å²) in [4.78, 5) is 36.1. The molecule has 1 unspecified atom stereocenters. The SMILES string of the molecule is CN1CC(C(=O)NCCCCOc2ccc(Cl)c(Cl)c2)C(=O)C1=O. The highest BCUT2D eigenvalue weighted by Gasteiger charge is 2.41. The molecular formula is C16H18Cl2N2O4. The van der Waals surface area contributed by atoms with E-state index in [0.717, 1.165) is 6.42 Å². The second kappa shape index (κ2) is 8.35. The van der Waals surface area contributed by atoms with Gasteiger partial charge in [-0.15, -0.1) is 0 Å². The standard InChI is InChI=1S/C16H18Cl2N2O4/c1-20-9-11(14(21)16(20)23)15(22)19-6-2-3-7-24-10-4-5-12(17)13(18)8-10/h4-5,8,11H,2-3,6-7,9H2,1H3,(H,19,22). The van der Waals surface area contributed by atoms with Crippen LogP contribution in [0.25, 0.3) is 0 Å². The minimum atomic E-state index is -0.894. The van der Waals surface area contributed by atoms with Crippen LogP contribution in [0.15, 0.2) is 18.2 Å². The number of carbonyl (C=O) groups is 3. The molecule has 1 aliphatic rings. The number of hydrogen-bond acceptors (Lipinski definition) is 4. The maximum atomic E-state index is 11.9. The van der Waals surface area contributed by atoms with Gasteiger partial charge in [0.25, 0.3) is 5.91 Å². The number of rotatable bonds is 7. The normalized spacial score (nSPS) is 17.3. The van der Waals surface area contributed by atoms with Crippen molar-refractivity contribution in [2.75, 3.05) is 26.7 Å². The fourth-order valence-electron chi connectivity index (χ4n) is 2.30. The maximum absolute atomic E-state index is 11.9. The third-order valence-electron chi connectivity index (χ3n) is 3.68. The van der Waals surface area contributed by atoms with Gasteiger partial charge in [-0.3, -0.25) is 14.4 Å². The van der Waals surface area contributed by atoms with Crippen LogP contribution in [0.4, 0.5) is 0 Å². The molecule has 8 heteroatoms. The summed E-state index contributed by atoms with van der Waals surface area (Å²) in [5, 5.41) is 3.58. The van der Waals surface area contributed by atoms with E-state index in [1.165, 1.54) is 11.9 Å². The van der Waals surface area contributed by atoms with Crippen LogP contribution in [0, 0.1) is 5.92 Å². The second-order valence-electron chi connectivity index (χ2n) is 5.53. The lowest BCUT2D eigenvalue weighted by molar-refractivity contribution is -0.142. The molecule has 1 fully saturated rings. The molecule has 1 aromatic rings.